The fraction of sp³-hybridized carbons (Fsp3) is 0.333. The number of allylic oxidation sites excluding steroid dienone is 7. The lowest BCUT2D eigenvalue weighted by Gasteiger charge is -2.15. The lowest BCUT2D eigenvalue weighted by Crippen LogP contribution is -2.14. The Kier molecular flexibility index (Phi) is 2.55. The third-order valence-corrected chi connectivity index (χ3v) is 1.96. The van der Waals surface area contributed by atoms with Crippen LogP contribution >= 0.6 is 0 Å². The molecule has 0 aromatic rings. The summed E-state index contributed by atoms with van der Waals surface area (Å²) in [7, 11) is 0. The second-order valence-corrected chi connectivity index (χ2v) is 3.87. The van der Waals surface area contributed by atoms with E-state index in [9.17, 15) is 4.39 Å². The van der Waals surface area contributed by atoms with Gasteiger partial charge in [-0.1, -0.05) is 36.5 Å². The van der Waals surface area contributed by atoms with Gasteiger partial charge in [0.2, 0.25) is 0 Å². The second-order valence-electron chi connectivity index (χ2n) is 3.87. The van der Waals surface area contributed by atoms with Crippen molar-refractivity contribution in [3.8, 4) is 0 Å². The van der Waals surface area contributed by atoms with Crippen LogP contribution in [0.15, 0.2) is 47.6 Å². The minimum Gasteiger partial charge on any atom is -0.239 e. The normalized spacial score (nSPS) is 18.0. The Bertz CT molecular complexity index is 309. The van der Waals surface area contributed by atoms with Crippen LogP contribution in [0, 0.1) is 0 Å². The molecule has 1 rings (SSSR count). The van der Waals surface area contributed by atoms with Crippen LogP contribution in [0.2, 0.25) is 0 Å². The van der Waals surface area contributed by atoms with E-state index in [0.29, 0.717) is 5.57 Å². The van der Waals surface area contributed by atoms with Crippen molar-refractivity contribution in [3.05, 3.63) is 47.6 Å². The molecule has 0 aromatic carbocycles. The number of alkyl halides is 1. The summed E-state index contributed by atoms with van der Waals surface area (Å²) in [4.78, 5) is 0. The van der Waals surface area contributed by atoms with Gasteiger partial charge >= 0.3 is 0 Å². The van der Waals surface area contributed by atoms with Crippen molar-refractivity contribution >= 4 is 0 Å². The van der Waals surface area contributed by atoms with Gasteiger partial charge in [-0.15, -0.1) is 0 Å². The number of rotatable bonds is 1. The van der Waals surface area contributed by atoms with Crippen molar-refractivity contribution in [2.24, 2.45) is 0 Å². The summed E-state index contributed by atoms with van der Waals surface area (Å²) in [5.74, 6) is 0. The van der Waals surface area contributed by atoms with Crippen LogP contribution in [0.4, 0.5) is 4.39 Å². The SMILES string of the molecule is C=C1C=CC(C(C)(C)F)=CC(C)=C1. The molecule has 0 saturated carbocycles. The Morgan fingerprint density at radius 3 is 2.38 bits per heavy atom. The Balaban J connectivity index is 3.08. The molecule has 0 nitrogen and oxygen atoms in total. The van der Waals surface area contributed by atoms with Crippen molar-refractivity contribution in [1.82, 2.24) is 0 Å². The molecule has 1 aliphatic rings. The molecule has 0 amide bonds. The van der Waals surface area contributed by atoms with Crippen molar-refractivity contribution in [2.75, 3.05) is 0 Å². The summed E-state index contributed by atoms with van der Waals surface area (Å²) in [6.07, 6.45) is 7.42. The molecular formula is C12H15F. The summed E-state index contributed by atoms with van der Waals surface area (Å²) in [6, 6.07) is 0. The van der Waals surface area contributed by atoms with Crippen LogP contribution in [0.3, 0.4) is 0 Å². The van der Waals surface area contributed by atoms with Gasteiger partial charge in [-0.25, -0.2) is 4.39 Å². The molecule has 0 heterocycles. The topological polar surface area (TPSA) is 0 Å². The largest absolute Gasteiger partial charge is 0.239 e. The van der Waals surface area contributed by atoms with Gasteiger partial charge in [-0.2, -0.15) is 0 Å². The first-order valence-corrected chi connectivity index (χ1v) is 4.36. The maximum atomic E-state index is 13.6. The first kappa shape index (κ1) is 9.97. The van der Waals surface area contributed by atoms with Gasteiger partial charge < -0.3 is 0 Å². The highest BCUT2D eigenvalue weighted by molar-refractivity contribution is 5.45. The van der Waals surface area contributed by atoms with Gasteiger partial charge in [0.1, 0.15) is 5.67 Å². The Morgan fingerprint density at radius 1 is 1.23 bits per heavy atom. The monoisotopic (exact) mass is 178 g/mol. The van der Waals surface area contributed by atoms with E-state index in [1.807, 2.05) is 25.2 Å². The third-order valence-electron chi connectivity index (χ3n) is 1.96. The smallest absolute Gasteiger partial charge is 0.130 e. The summed E-state index contributed by atoms with van der Waals surface area (Å²) >= 11 is 0. The van der Waals surface area contributed by atoms with Crippen LogP contribution < -0.4 is 0 Å². The minimum absolute atomic E-state index is 0.694. The highest BCUT2D eigenvalue weighted by atomic mass is 19.1. The van der Waals surface area contributed by atoms with E-state index in [1.54, 1.807) is 19.9 Å². The van der Waals surface area contributed by atoms with Crippen LogP contribution in [0.25, 0.3) is 0 Å². The molecule has 0 saturated heterocycles. The molecule has 0 N–H and O–H groups in total. The van der Waals surface area contributed by atoms with Crippen molar-refractivity contribution in [2.45, 2.75) is 26.4 Å². The van der Waals surface area contributed by atoms with Crippen LogP contribution in [-0.2, 0) is 0 Å². The predicted molar refractivity (Wildman–Crippen MR) is 55.3 cm³/mol. The molecule has 1 aliphatic carbocycles. The summed E-state index contributed by atoms with van der Waals surface area (Å²) < 4.78 is 13.6. The number of hydrogen-bond acceptors (Lipinski definition) is 0. The molecule has 0 unspecified atom stereocenters. The fourth-order valence-electron chi connectivity index (χ4n) is 1.24. The molecule has 0 aromatic heterocycles. The van der Waals surface area contributed by atoms with Crippen molar-refractivity contribution in [3.63, 3.8) is 0 Å². The first-order valence-electron chi connectivity index (χ1n) is 4.36. The lowest BCUT2D eigenvalue weighted by atomic mass is 9.98. The maximum absolute atomic E-state index is 13.6. The Labute approximate surface area is 79.2 Å². The molecule has 1 heteroatoms. The first-order chi connectivity index (χ1) is 5.89. The minimum atomic E-state index is -1.28. The molecule has 13 heavy (non-hydrogen) atoms. The zero-order valence-corrected chi connectivity index (χ0v) is 8.39. The van der Waals surface area contributed by atoms with E-state index in [1.165, 1.54) is 0 Å². The molecular weight excluding hydrogens is 163 g/mol. The number of hydrogen-bond donors (Lipinski definition) is 0. The van der Waals surface area contributed by atoms with Gasteiger partial charge in [-0.05, 0) is 31.9 Å². The zero-order valence-electron chi connectivity index (χ0n) is 8.39. The molecule has 0 bridgehead atoms. The standard InChI is InChI=1S/C12H15F/c1-9-5-6-11(12(3,4)13)8-10(2)7-9/h5-8H,1H2,2-4H3. The maximum Gasteiger partial charge on any atom is 0.130 e. The molecule has 0 radical (unpaired) electrons. The highest BCUT2D eigenvalue weighted by Gasteiger charge is 2.20. The summed E-state index contributed by atoms with van der Waals surface area (Å²) in [6.45, 7) is 8.89. The van der Waals surface area contributed by atoms with E-state index in [-0.39, 0.29) is 0 Å². The molecule has 0 fully saturated rings. The average molecular weight is 178 g/mol. The van der Waals surface area contributed by atoms with E-state index < -0.39 is 5.67 Å². The Morgan fingerprint density at radius 2 is 1.85 bits per heavy atom. The van der Waals surface area contributed by atoms with Crippen LogP contribution in [0.5, 0.6) is 0 Å². The van der Waals surface area contributed by atoms with Crippen molar-refractivity contribution < 1.29 is 4.39 Å². The zero-order chi connectivity index (χ0) is 10.1. The van der Waals surface area contributed by atoms with Crippen LogP contribution in [-0.4, -0.2) is 5.67 Å². The van der Waals surface area contributed by atoms with E-state index in [4.69, 9.17) is 0 Å². The molecule has 0 spiro atoms. The molecule has 0 aliphatic heterocycles. The second kappa shape index (κ2) is 3.33. The highest BCUT2D eigenvalue weighted by Crippen LogP contribution is 2.25. The third kappa shape index (κ3) is 2.69. The van der Waals surface area contributed by atoms with Crippen LogP contribution in [0.1, 0.15) is 20.8 Å². The number of halogens is 1. The van der Waals surface area contributed by atoms with Gasteiger partial charge in [0.25, 0.3) is 0 Å². The molecule has 70 valence electrons. The van der Waals surface area contributed by atoms with E-state index in [0.717, 1.165) is 11.1 Å². The lowest BCUT2D eigenvalue weighted by molar-refractivity contribution is 0.274. The van der Waals surface area contributed by atoms with Crippen molar-refractivity contribution in [1.29, 1.82) is 0 Å². The summed E-state index contributed by atoms with van der Waals surface area (Å²) in [5.41, 5.74) is 1.36. The van der Waals surface area contributed by atoms with Gasteiger partial charge in [0.05, 0.1) is 0 Å². The van der Waals surface area contributed by atoms with E-state index >= 15 is 0 Å². The predicted octanol–water partition coefficient (Wildman–Crippen LogP) is 3.73. The van der Waals surface area contributed by atoms with Gasteiger partial charge in [0.15, 0.2) is 0 Å². The fourth-order valence-corrected chi connectivity index (χ4v) is 1.24. The summed E-state index contributed by atoms with van der Waals surface area (Å²) in [5, 5.41) is 0. The Hall–Kier alpha value is -1.11. The quantitative estimate of drug-likeness (QED) is 0.574. The van der Waals surface area contributed by atoms with E-state index in [2.05, 4.69) is 6.58 Å². The van der Waals surface area contributed by atoms with Gasteiger partial charge in [-0.3, -0.25) is 0 Å². The average Bonchev–Trinajstić information content (AvgIpc) is 2.09. The molecule has 0 atom stereocenters. The van der Waals surface area contributed by atoms with Gasteiger partial charge in [0, 0.05) is 0 Å².